The second-order valence-electron chi connectivity index (χ2n) is 9.52. The third-order valence-corrected chi connectivity index (χ3v) is 7.40. The van der Waals surface area contributed by atoms with E-state index in [1.807, 2.05) is 19.1 Å². The van der Waals surface area contributed by atoms with E-state index in [0.29, 0.717) is 12.2 Å². The highest BCUT2D eigenvalue weighted by Crippen LogP contribution is 2.25. The van der Waals surface area contributed by atoms with Crippen LogP contribution in [0.2, 0.25) is 0 Å². The van der Waals surface area contributed by atoms with Gasteiger partial charge >= 0.3 is 10.1 Å². The fourth-order valence-corrected chi connectivity index (χ4v) is 5.12. The highest BCUT2D eigenvalue weighted by atomic mass is 32.2. The summed E-state index contributed by atoms with van der Waals surface area (Å²) in [5.74, 6) is 0.548. The molecule has 1 unspecified atom stereocenters. The summed E-state index contributed by atoms with van der Waals surface area (Å²) in [6.07, 6.45) is 21.0. The van der Waals surface area contributed by atoms with Gasteiger partial charge in [0.1, 0.15) is 5.75 Å². The van der Waals surface area contributed by atoms with Crippen molar-refractivity contribution in [3.8, 4) is 5.75 Å². The van der Waals surface area contributed by atoms with Crippen molar-refractivity contribution < 1.29 is 17.7 Å². The molecule has 0 aliphatic rings. The summed E-state index contributed by atoms with van der Waals surface area (Å²) in [5, 5.41) is 0. The summed E-state index contributed by atoms with van der Waals surface area (Å²) in [4.78, 5) is 0. The molecule has 0 aromatic heterocycles. The van der Waals surface area contributed by atoms with E-state index >= 15 is 0 Å². The molecule has 0 radical (unpaired) electrons. The molecule has 0 aliphatic heterocycles. The van der Waals surface area contributed by atoms with E-state index in [2.05, 4.69) is 19.9 Å². The maximum Gasteiger partial charge on any atom is 0.303 e. The molecule has 0 heterocycles. The minimum absolute atomic E-state index is 0.283. The topological polar surface area (TPSA) is 63.6 Å². The van der Waals surface area contributed by atoms with Gasteiger partial charge in [0.2, 0.25) is 5.44 Å². The van der Waals surface area contributed by atoms with Crippen LogP contribution in [0.15, 0.2) is 18.2 Å². The Kier molecular flexibility index (Phi) is 16.6. The molecule has 0 amide bonds. The van der Waals surface area contributed by atoms with Crippen molar-refractivity contribution in [2.75, 3.05) is 0 Å². The van der Waals surface area contributed by atoms with Gasteiger partial charge in [0, 0.05) is 6.42 Å². The maximum absolute atomic E-state index is 11.7. The molecule has 1 rings (SSSR count). The van der Waals surface area contributed by atoms with Crippen molar-refractivity contribution in [1.29, 1.82) is 0 Å². The molecule has 0 spiro atoms. The molecule has 1 atom stereocenters. The minimum atomic E-state index is -4.23. The van der Waals surface area contributed by atoms with Crippen LogP contribution in [0.5, 0.6) is 5.75 Å². The second-order valence-corrected chi connectivity index (χ2v) is 11.1. The summed E-state index contributed by atoms with van der Waals surface area (Å²) >= 11 is 0. The molecule has 0 fully saturated rings. The van der Waals surface area contributed by atoms with Gasteiger partial charge in [-0.15, -0.1) is 0 Å². The lowest BCUT2D eigenvalue weighted by molar-refractivity contribution is 0.245. The number of benzene rings is 1. The molecule has 5 heteroatoms. The van der Waals surface area contributed by atoms with Crippen LogP contribution >= 0.6 is 0 Å². The highest BCUT2D eigenvalue weighted by Gasteiger charge is 2.24. The van der Waals surface area contributed by atoms with Gasteiger partial charge in [-0.25, -0.2) is 0 Å². The first-order chi connectivity index (χ1) is 15.9. The first-order valence-corrected chi connectivity index (χ1v) is 15.2. The van der Waals surface area contributed by atoms with Gasteiger partial charge in [-0.1, -0.05) is 110 Å². The SMILES string of the molecule is CCCCCCCCCc1ccc(OC(CCC)S(=O)(=O)O)cc1CCCCCCCCC. The molecule has 4 nitrogen and oxygen atoms in total. The Morgan fingerprint density at radius 2 is 1.18 bits per heavy atom. The summed E-state index contributed by atoms with van der Waals surface area (Å²) in [6.45, 7) is 6.38. The Bertz CT molecular complexity index is 715. The lowest BCUT2D eigenvalue weighted by atomic mass is 9.96. The van der Waals surface area contributed by atoms with E-state index < -0.39 is 15.6 Å². The van der Waals surface area contributed by atoms with Crippen molar-refractivity contribution in [2.45, 2.75) is 142 Å². The standard InChI is InChI=1S/C28H50O4S/c1-4-7-9-11-13-15-17-20-25-22-23-27(32-28(19-6-3)33(29,30)31)24-26(25)21-18-16-14-12-10-8-5-2/h22-24,28H,4-21H2,1-3H3,(H,29,30,31). The lowest BCUT2D eigenvalue weighted by Crippen LogP contribution is -2.26. The number of ether oxygens (including phenoxy) is 1. The molecular weight excluding hydrogens is 432 g/mol. The van der Waals surface area contributed by atoms with Crippen LogP contribution < -0.4 is 4.74 Å². The Morgan fingerprint density at radius 1 is 0.697 bits per heavy atom. The highest BCUT2D eigenvalue weighted by molar-refractivity contribution is 7.86. The van der Waals surface area contributed by atoms with E-state index in [-0.39, 0.29) is 6.42 Å². The van der Waals surface area contributed by atoms with Gasteiger partial charge < -0.3 is 4.74 Å². The first kappa shape index (κ1) is 30.0. The van der Waals surface area contributed by atoms with Gasteiger partial charge in [-0.05, 0) is 48.9 Å². The quantitative estimate of drug-likeness (QED) is 0.141. The second kappa shape index (κ2) is 18.3. The van der Waals surface area contributed by atoms with Crippen LogP contribution in [0.1, 0.15) is 135 Å². The average molecular weight is 483 g/mol. The van der Waals surface area contributed by atoms with Gasteiger partial charge in [0.15, 0.2) is 0 Å². The molecular formula is C28H50O4S. The number of hydrogen-bond acceptors (Lipinski definition) is 3. The monoisotopic (exact) mass is 482 g/mol. The number of aryl methyl sites for hydroxylation is 2. The van der Waals surface area contributed by atoms with Crippen LogP contribution in [-0.4, -0.2) is 18.4 Å². The summed E-state index contributed by atoms with van der Waals surface area (Å²) < 4.78 is 38.6. The average Bonchev–Trinajstić information content (AvgIpc) is 2.78. The maximum atomic E-state index is 11.7. The zero-order chi connectivity index (χ0) is 24.4. The van der Waals surface area contributed by atoms with Crippen LogP contribution in [-0.2, 0) is 23.0 Å². The van der Waals surface area contributed by atoms with Crippen molar-refractivity contribution in [3.05, 3.63) is 29.3 Å². The van der Waals surface area contributed by atoms with E-state index in [1.54, 1.807) is 0 Å². The van der Waals surface area contributed by atoms with Crippen LogP contribution in [0, 0.1) is 0 Å². The molecule has 1 aromatic rings. The Labute approximate surface area is 204 Å². The van der Waals surface area contributed by atoms with Gasteiger partial charge in [0.25, 0.3) is 0 Å². The summed E-state index contributed by atoms with van der Waals surface area (Å²) in [7, 11) is -4.23. The van der Waals surface area contributed by atoms with Crippen molar-refractivity contribution in [2.24, 2.45) is 0 Å². The summed E-state index contributed by atoms with van der Waals surface area (Å²) in [5.41, 5.74) is 1.45. The van der Waals surface area contributed by atoms with E-state index in [4.69, 9.17) is 4.74 Å². The molecule has 0 saturated heterocycles. The molecule has 0 bridgehead atoms. The van der Waals surface area contributed by atoms with Crippen molar-refractivity contribution in [1.82, 2.24) is 0 Å². The van der Waals surface area contributed by atoms with E-state index in [1.165, 1.54) is 94.6 Å². The van der Waals surface area contributed by atoms with E-state index in [9.17, 15) is 13.0 Å². The first-order valence-electron chi connectivity index (χ1n) is 13.7. The largest absolute Gasteiger partial charge is 0.472 e. The number of hydrogen-bond donors (Lipinski definition) is 1. The number of unbranched alkanes of at least 4 members (excludes halogenated alkanes) is 12. The van der Waals surface area contributed by atoms with Crippen LogP contribution in [0.4, 0.5) is 0 Å². The third-order valence-electron chi connectivity index (χ3n) is 6.40. The van der Waals surface area contributed by atoms with Gasteiger partial charge in [0.05, 0.1) is 0 Å². The minimum Gasteiger partial charge on any atom is -0.472 e. The molecule has 1 aromatic carbocycles. The molecule has 192 valence electrons. The predicted octanol–water partition coefficient (Wildman–Crippen LogP) is 8.67. The number of rotatable bonds is 21. The van der Waals surface area contributed by atoms with Crippen LogP contribution in [0.3, 0.4) is 0 Å². The smallest absolute Gasteiger partial charge is 0.303 e. The zero-order valence-electron chi connectivity index (χ0n) is 21.6. The predicted molar refractivity (Wildman–Crippen MR) is 141 cm³/mol. The van der Waals surface area contributed by atoms with E-state index in [0.717, 1.165) is 19.3 Å². The Hall–Kier alpha value is -1.07. The zero-order valence-corrected chi connectivity index (χ0v) is 22.4. The van der Waals surface area contributed by atoms with Crippen molar-refractivity contribution in [3.63, 3.8) is 0 Å². The fraction of sp³-hybridized carbons (Fsp3) is 0.786. The summed E-state index contributed by atoms with van der Waals surface area (Å²) in [6, 6.07) is 6.00. The normalized spacial score (nSPS) is 12.7. The molecule has 1 N–H and O–H groups in total. The Balaban J connectivity index is 2.71. The van der Waals surface area contributed by atoms with Crippen LogP contribution in [0.25, 0.3) is 0 Å². The third kappa shape index (κ3) is 14.0. The van der Waals surface area contributed by atoms with Gasteiger partial charge in [-0.2, -0.15) is 8.42 Å². The Morgan fingerprint density at radius 3 is 1.67 bits per heavy atom. The molecule has 0 aliphatic carbocycles. The fourth-order valence-electron chi connectivity index (χ4n) is 4.35. The lowest BCUT2D eigenvalue weighted by Gasteiger charge is -2.18. The van der Waals surface area contributed by atoms with Gasteiger partial charge in [-0.3, -0.25) is 4.55 Å². The van der Waals surface area contributed by atoms with Crippen molar-refractivity contribution >= 4 is 10.1 Å². The molecule has 0 saturated carbocycles. The molecule has 33 heavy (non-hydrogen) atoms.